The number of benzene rings is 2. The molecular weight excluding hydrogens is 235 g/mol. The quantitative estimate of drug-likeness (QED) is 0.789. The van der Waals surface area contributed by atoms with Gasteiger partial charge < -0.3 is 4.74 Å². The van der Waals surface area contributed by atoms with Crippen molar-refractivity contribution in [3.63, 3.8) is 0 Å². The van der Waals surface area contributed by atoms with Crippen molar-refractivity contribution in [2.75, 3.05) is 6.26 Å². The molecule has 0 aliphatic heterocycles. The van der Waals surface area contributed by atoms with Gasteiger partial charge in [-0.25, -0.2) is 4.39 Å². The molecule has 0 N–H and O–H groups in total. The molecule has 0 unspecified atom stereocenters. The Morgan fingerprint density at radius 3 is 2.53 bits per heavy atom. The lowest BCUT2D eigenvalue weighted by molar-refractivity contribution is 0.476. The van der Waals surface area contributed by atoms with Gasteiger partial charge in [-0.15, -0.1) is 0 Å². The van der Waals surface area contributed by atoms with Gasteiger partial charge in [0.1, 0.15) is 17.3 Å². The molecule has 0 aliphatic carbocycles. The SMILES string of the molecule is CSCc1cc(F)cc(Oc2ccccc2)c1. The minimum absolute atomic E-state index is 0.262. The van der Waals surface area contributed by atoms with Crippen LogP contribution in [0.2, 0.25) is 0 Å². The van der Waals surface area contributed by atoms with Gasteiger partial charge in [-0.1, -0.05) is 18.2 Å². The molecular formula is C14H13FOS. The van der Waals surface area contributed by atoms with E-state index in [0.717, 1.165) is 11.3 Å². The van der Waals surface area contributed by atoms with Crippen LogP contribution < -0.4 is 4.74 Å². The van der Waals surface area contributed by atoms with E-state index in [4.69, 9.17) is 4.74 Å². The van der Waals surface area contributed by atoms with Gasteiger partial charge in [0.2, 0.25) is 0 Å². The molecule has 0 heterocycles. The standard InChI is InChI=1S/C14H13FOS/c1-17-10-11-7-12(15)9-14(8-11)16-13-5-3-2-4-6-13/h2-9H,10H2,1H3. The molecule has 2 aromatic rings. The molecule has 0 amide bonds. The van der Waals surface area contributed by atoms with Crippen molar-refractivity contribution in [1.82, 2.24) is 0 Å². The molecule has 0 bridgehead atoms. The highest BCUT2D eigenvalue weighted by molar-refractivity contribution is 7.97. The Hall–Kier alpha value is -1.48. The number of thioether (sulfide) groups is 1. The maximum atomic E-state index is 13.4. The van der Waals surface area contributed by atoms with Gasteiger partial charge in [0.05, 0.1) is 0 Å². The van der Waals surface area contributed by atoms with E-state index in [1.54, 1.807) is 11.8 Å². The van der Waals surface area contributed by atoms with E-state index in [2.05, 4.69) is 0 Å². The average Bonchev–Trinajstić information content (AvgIpc) is 2.30. The number of halogens is 1. The monoisotopic (exact) mass is 248 g/mol. The number of rotatable bonds is 4. The van der Waals surface area contributed by atoms with Crippen LogP contribution in [0, 0.1) is 5.82 Å². The Labute approximate surface area is 105 Å². The molecule has 0 radical (unpaired) electrons. The van der Waals surface area contributed by atoms with Crippen molar-refractivity contribution in [3.8, 4) is 11.5 Å². The summed E-state index contributed by atoms with van der Waals surface area (Å²) in [5.74, 6) is 1.78. The molecule has 3 heteroatoms. The summed E-state index contributed by atoms with van der Waals surface area (Å²) < 4.78 is 19.0. The van der Waals surface area contributed by atoms with Crippen molar-refractivity contribution in [2.45, 2.75) is 5.75 Å². The molecule has 1 nitrogen and oxygen atoms in total. The van der Waals surface area contributed by atoms with E-state index in [-0.39, 0.29) is 5.82 Å². The summed E-state index contributed by atoms with van der Waals surface area (Å²) >= 11 is 1.66. The van der Waals surface area contributed by atoms with Crippen LogP contribution in [-0.4, -0.2) is 6.26 Å². The van der Waals surface area contributed by atoms with Crippen LogP contribution in [-0.2, 0) is 5.75 Å². The first-order chi connectivity index (χ1) is 8.28. The Bertz CT molecular complexity index is 485. The Kier molecular flexibility index (Phi) is 4.04. The minimum atomic E-state index is -0.262. The lowest BCUT2D eigenvalue weighted by Gasteiger charge is -2.07. The first kappa shape index (κ1) is 12.0. The summed E-state index contributed by atoms with van der Waals surface area (Å²) in [4.78, 5) is 0. The normalized spacial score (nSPS) is 10.2. The number of hydrogen-bond donors (Lipinski definition) is 0. The predicted octanol–water partition coefficient (Wildman–Crippen LogP) is 4.48. The van der Waals surface area contributed by atoms with Crippen molar-refractivity contribution < 1.29 is 9.13 Å². The summed E-state index contributed by atoms with van der Waals surface area (Å²) in [7, 11) is 0. The van der Waals surface area contributed by atoms with Crippen molar-refractivity contribution in [2.24, 2.45) is 0 Å². The topological polar surface area (TPSA) is 9.23 Å². The highest BCUT2D eigenvalue weighted by atomic mass is 32.2. The zero-order valence-corrected chi connectivity index (χ0v) is 10.3. The van der Waals surface area contributed by atoms with Gasteiger partial charge in [0.25, 0.3) is 0 Å². The molecule has 88 valence electrons. The minimum Gasteiger partial charge on any atom is -0.457 e. The second kappa shape index (κ2) is 5.73. The molecule has 17 heavy (non-hydrogen) atoms. The third kappa shape index (κ3) is 3.49. The van der Waals surface area contributed by atoms with Crippen molar-refractivity contribution >= 4 is 11.8 Å². The lowest BCUT2D eigenvalue weighted by Crippen LogP contribution is -1.88. The third-order valence-corrected chi connectivity index (χ3v) is 2.84. The maximum absolute atomic E-state index is 13.4. The fourth-order valence-electron chi connectivity index (χ4n) is 1.55. The third-order valence-electron chi connectivity index (χ3n) is 2.22. The summed E-state index contributed by atoms with van der Waals surface area (Å²) in [5, 5.41) is 0. The first-order valence-corrected chi connectivity index (χ1v) is 6.68. The molecule has 2 aromatic carbocycles. The summed E-state index contributed by atoms with van der Waals surface area (Å²) in [6.07, 6.45) is 1.99. The van der Waals surface area contributed by atoms with Crippen LogP contribution in [0.3, 0.4) is 0 Å². The van der Waals surface area contributed by atoms with Gasteiger partial charge >= 0.3 is 0 Å². The van der Waals surface area contributed by atoms with Crippen LogP contribution in [0.4, 0.5) is 4.39 Å². The zero-order valence-electron chi connectivity index (χ0n) is 9.52. The molecule has 0 saturated carbocycles. The number of ether oxygens (including phenoxy) is 1. The summed E-state index contributed by atoms with van der Waals surface area (Å²) in [5.41, 5.74) is 0.934. The van der Waals surface area contributed by atoms with Crippen molar-refractivity contribution in [1.29, 1.82) is 0 Å². The maximum Gasteiger partial charge on any atom is 0.130 e. The van der Waals surface area contributed by atoms with Gasteiger partial charge in [-0.2, -0.15) is 11.8 Å². The average molecular weight is 248 g/mol. The van der Waals surface area contributed by atoms with Crippen molar-refractivity contribution in [3.05, 3.63) is 59.9 Å². The van der Waals surface area contributed by atoms with E-state index in [1.165, 1.54) is 12.1 Å². The van der Waals surface area contributed by atoms with E-state index in [1.807, 2.05) is 42.7 Å². The van der Waals surface area contributed by atoms with E-state index < -0.39 is 0 Å². The molecule has 0 fully saturated rings. The van der Waals surface area contributed by atoms with Gasteiger partial charge in [0.15, 0.2) is 0 Å². The zero-order chi connectivity index (χ0) is 12.1. The molecule has 2 rings (SSSR count). The second-order valence-electron chi connectivity index (χ2n) is 3.64. The Morgan fingerprint density at radius 2 is 1.82 bits per heavy atom. The predicted molar refractivity (Wildman–Crippen MR) is 70.1 cm³/mol. The highest BCUT2D eigenvalue weighted by Crippen LogP contribution is 2.24. The van der Waals surface area contributed by atoms with Crippen LogP contribution in [0.1, 0.15) is 5.56 Å². The smallest absolute Gasteiger partial charge is 0.130 e. The molecule has 0 aliphatic rings. The first-order valence-electron chi connectivity index (χ1n) is 5.29. The van der Waals surface area contributed by atoms with E-state index >= 15 is 0 Å². The fourth-order valence-corrected chi connectivity index (χ4v) is 2.05. The Morgan fingerprint density at radius 1 is 1.06 bits per heavy atom. The van der Waals surface area contributed by atoms with E-state index in [9.17, 15) is 4.39 Å². The molecule has 0 spiro atoms. The largest absolute Gasteiger partial charge is 0.457 e. The highest BCUT2D eigenvalue weighted by Gasteiger charge is 2.02. The van der Waals surface area contributed by atoms with Crippen LogP contribution >= 0.6 is 11.8 Å². The number of para-hydroxylation sites is 1. The summed E-state index contributed by atoms with van der Waals surface area (Å²) in [6.45, 7) is 0. The molecule has 0 atom stereocenters. The number of hydrogen-bond acceptors (Lipinski definition) is 2. The molecule has 0 saturated heterocycles. The van der Waals surface area contributed by atoms with Crippen LogP contribution in [0.5, 0.6) is 11.5 Å². The Balaban J connectivity index is 2.21. The molecule has 0 aromatic heterocycles. The summed E-state index contributed by atoms with van der Waals surface area (Å²) in [6, 6.07) is 14.2. The lowest BCUT2D eigenvalue weighted by atomic mass is 10.2. The second-order valence-corrected chi connectivity index (χ2v) is 4.51. The van der Waals surface area contributed by atoms with Crippen LogP contribution in [0.25, 0.3) is 0 Å². The van der Waals surface area contributed by atoms with E-state index in [0.29, 0.717) is 11.5 Å². The fraction of sp³-hybridized carbons (Fsp3) is 0.143. The van der Waals surface area contributed by atoms with Crippen LogP contribution in [0.15, 0.2) is 48.5 Å². The van der Waals surface area contributed by atoms with Gasteiger partial charge in [-0.05, 0) is 36.1 Å². The van der Waals surface area contributed by atoms with Gasteiger partial charge in [-0.3, -0.25) is 0 Å². The van der Waals surface area contributed by atoms with Gasteiger partial charge in [0, 0.05) is 11.8 Å².